The maximum Gasteiger partial charge on any atom is 0.104 e. The molecule has 3 heterocycles. The van der Waals surface area contributed by atoms with Crippen LogP contribution in [-0.2, 0) is 0 Å². The molecule has 2 aromatic rings. The average molecular weight is 270 g/mol. The lowest BCUT2D eigenvalue weighted by atomic mass is 9.97. The van der Waals surface area contributed by atoms with Gasteiger partial charge in [-0.1, -0.05) is 0 Å². The fraction of sp³-hybridized carbons (Fsp3) is 0.562. The van der Waals surface area contributed by atoms with Gasteiger partial charge in [0.05, 0.1) is 11.0 Å². The van der Waals surface area contributed by atoms with Crippen LogP contribution < -0.4 is 5.32 Å². The number of aromatic amines is 1. The van der Waals surface area contributed by atoms with Crippen molar-refractivity contribution in [1.82, 2.24) is 14.9 Å². The highest BCUT2D eigenvalue weighted by Crippen LogP contribution is 2.29. The van der Waals surface area contributed by atoms with E-state index in [4.69, 9.17) is 0 Å². The number of nitrogens with one attached hydrogen (secondary N) is 2. The number of benzene rings is 1. The van der Waals surface area contributed by atoms with Gasteiger partial charge < -0.3 is 15.2 Å². The largest absolute Gasteiger partial charge is 0.382 e. The first-order chi connectivity index (χ1) is 9.78. The van der Waals surface area contributed by atoms with Crippen molar-refractivity contribution in [3.05, 3.63) is 24.0 Å². The van der Waals surface area contributed by atoms with Crippen molar-refractivity contribution < 1.29 is 0 Å². The third-order valence-electron chi connectivity index (χ3n) is 4.79. The Balaban J connectivity index is 1.49. The Hall–Kier alpha value is -1.55. The van der Waals surface area contributed by atoms with Crippen LogP contribution in [0.25, 0.3) is 11.0 Å². The number of imidazole rings is 1. The SMILES string of the molecule is Cc1nc2ccc(NC3CCN4CCCC4C3)cc2[nH]1. The number of hydrogen-bond acceptors (Lipinski definition) is 3. The van der Waals surface area contributed by atoms with Gasteiger partial charge in [0.15, 0.2) is 0 Å². The minimum atomic E-state index is 0.621. The predicted octanol–water partition coefficient (Wildman–Crippen LogP) is 2.91. The van der Waals surface area contributed by atoms with Crippen LogP contribution >= 0.6 is 0 Å². The summed E-state index contributed by atoms with van der Waals surface area (Å²) in [5.41, 5.74) is 3.40. The molecular weight excluding hydrogens is 248 g/mol. The van der Waals surface area contributed by atoms with Gasteiger partial charge in [0, 0.05) is 24.3 Å². The van der Waals surface area contributed by atoms with Crippen molar-refractivity contribution >= 4 is 16.7 Å². The van der Waals surface area contributed by atoms with Crippen LogP contribution in [0, 0.1) is 6.92 Å². The molecule has 2 unspecified atom stereocenters. The molecule has 1 aromatic heterocycles. The van der Waals surface area contributed by atoms with E-state index in [9.17, 15) is 0 Å². The first kappa shape index (κ1) is 12.2. The highest BCUT2D eigenvalue weighted by Gasteiger charge is 2.31. The van der Waals surface area contributed by atoms with E-state index in [0.29, 0.717) is 6.04 Å². The summed E-state index contributed by atoms with van der Waals surface area (Å²) >= 11 is 0. The van der Waals surface area contributed by atoms with E-state index in [-0.39, 0.29) is 0 Å². The monoisotopic (exact) mass is 270 g/mol. The second kappa shape index (κ2) is 4.77. The molecule has 2 aliphatic heterocycles. The van der Waals surface area contributed by atoms with Crippen molar-refractivity contribution in [2.24, 2.45) is 0 Å². The first-order valence-electron chi connectivity index (χ1n) is 7.75. The van der Waals surface area contributed by atoms with Crippen molar-refractivity contribution in [3.63, 3.8) is 0 Å². The summed E-state index contributed by atoms with van der Waals surface area (Å²) in [7, 11) is 0. The summed E-state index contributed by atoms with van der Waals surface area (Å²) in [6.07, 6.45) is 5.32. The molecule has 20 heavy (non-hydrogen) atoms. The van der Waals surface area contributed by atoms with E-state index < -0.39 is 0 Å². The Morgan fingerprint density at radius 1 is 1.30 bits per heavy atom. The molecule has 0 aliphatic carbocycles. The van der Waals surface area contributed by atoms with E-state index in [2.05, 4.69) is 38.4 Å². The van der Waals surface area contributed by atoms with Gasteiger partial charge in [0.25, 0.3) is 0 Å². The molecule has 2 fully saturated rings. The Bertz CT molecular complexity index is 618. The number of fused-ring (bicyclic) bond motifs is 2. The van der Waals surface area contributed by atoms with Gasteiger partial charge in [-0.15, -0.1) is 0 Å². The Morgan fingerprint density at radius 2 is 2.25 bits per heavy atom. The van der Waals surface area contributed by atoms with Crippen molar-refractivity contribution in [2.75, 3.05) is 18.4 Å². The minimum absolute atomic E-state index is 0.621. The van der Waals surface area contributed by atoms with Gasteiger partial charge in [-0.2, -0.15) is 0 Å². The highest BCUT2D eigenvalue weighted by molar-refractivity contribution is 5.79. The van der Waals surface area contributed by atoms with Gasteiger partial charge in [-0.3, -0.25) is 0 Å². The van der Waals surface area contributed by atoms with Crippen LogP contribution in [-0.4, -0.2) is 40.0 Å². The third kappa shape index (κ3) is 2.18. The fourth-order valence-corrected chi connectivity index (χ4v) is 3.82. The van der Waals surface area contributed by atoms with Gasteiger partial charge in [0.1, 0.15) is 5.82 Å². The smallest absolute Gasteiger partial charge is 0.104 e. The molecule has 2 saturated heterocycles. The van der Waals surface area contributed by atoms with Gasteiger partial charge in [0.2, 0.25) is 0 Å². The molecule has 4 nitrogen and oxygen atoms in total. The normalized spacial score (nSPS) is 26.9. The molecule has 106 valence electrons. The van der Waals surface area contributed by atoms with E-state index >= 15 is 0 Å². The maximum absolute atomic E-state index is 4.45. The molecule has 4 rings (SSSR count). The number of piperidine rings is 1. The van der Waals surface area contributed by atoms with Crippen molar-refractivity contribution in [3.8, 4) is 0 Å². The van der Waals surface area contributed by atoms with E-state index in [1.807, 2.05) is 6.92 Å². The zero-order chi connectivity index (χ0) is 13.5. The third-order valence-corrected chi connectivity index (χ3v) is 4.79. The zero-order valence-corrected chi connectivity index (χ0v) is 12.0. The molecule has 0 radical (unpaired) electrons. The molecule has 0 amide bonds. The summed E-state index contributed by atoms with van der Waals surface area (Å²) in [5.74, 6) is 0.983. The molecular formula is C16H22N4. The standard InChI is InChI=1S/C16H22N4/c1-11-17-15-5-4-12(10-16(15)18-11)19-13-6-8-20-7-2-3-14(20)9-13/h4-5,10,13-14,19H,2-3,6-9H2,1H3,(H,17,18). The van der Waals surface area contributed by atoms with Crippen LogP contribution in [0.15, 0.2) is 18.2 Å². The van der Waals surface area contributed by atoms with Crippen LogP contribution in [0.1, 0.15) is 31.5 Å². The molecule has 1 aromatic carbocycles. The summed E-state index contributed by atoms with van der Waals surface area (Å²) in [6.45, 7) is 4.58. The predicted molar refractivity (Wildman–Crippen MR) is 82.1 cm³/mol. The number of aromatic nitrogens is 2. The van der Waals surface area contributed by atoms with E-state index in [1.54, 1.807) is 0 Å². The van der Waals surface area contributed by atoms with Gasteiger partial charge in [-0.05, 0) is 57.4 Å². The van der Waals surface area contributed by atoms with Crippen LogP contribution in [0.4, 0.5) is 5.69 Å². The second-order valence-corrected chi connectivity index (χ2v) is 6.25. The number of H-pyrrole nitrogens is 1. The lowest BCUT2D eigenvalue weighted by Gasteiger charge is -2.35. The summed E-state index contributed by atoms with van der Waals surface area (Å²) in [4.78, 5) is 10.4. The number of aryl methyl sites for hydroxylation is 1. The fourth-order valence-electron chi connectivity index (χ4n) is 3.82. The molecule has 0 spiro atoms. The Morgan fingerprint density at radius 3 is 3.20 bits per heavy atom. The van der Waals surface area contributed by atoms with Crippen molar-refractivity contribution in [1.29, 1.82) is 0 Å². The van der Waals surface area contributed by atoms with Crippen LogP contribution in [0.5, 0.6) is 0 Å². The number of rotatable bonds is 2. The molecule has 4 heteroatoms. The molecule has 0 saturated carbocycles. The number of nitrogens with zero attached hydrogens (tertiary/aromatic N) is 2. The molecule has 2 N–H and O–H groups in total. The van der Waals surface area contributed by atoms with Crippen molar-refractivity contribution in [2.45, 2.75) is 44.7 Å². The lowest BCUT2D eigenvalue weighted by molar-refractivity contribution is 0.188. The topological polar surface area (TPSA) is 44.0 Å². The minimum Gasteiger partial charge on any atom is -0.382 e. The zero-order valence-electron chi connectivity index (χ0n) is 12.0. The van der Waals surface area contributed by atoms with Crippen LogP contribution in [0.3, 0.4) is 0 Å². The van der Waals surface area contributed by atoms with Gasteiger partial charge in [-0.25, -0.2) is 4.98 Å². The Labute approximate surface area is 119 Å². The second-order valence-electron chi connectivity index (χ2n) is 6.25. The molecule has 2 aliphatic rings. The summed E-state index contributed by atoms with van der Waals surface area (Å²) < 4.78 is 0. The molecule has 0 bridgehead atoms. The van der Waals surface area contributed by atoms with Gasteiger partial charge >= 0.3 is 0 Å². The number of anilines is 1. The molecule has 2 atom stereocenters. The maximum atomic E-state index is 4.45. The highest BCUT2D eigenvalue weighted by atomic mass is 15.2. The summed E-state index contributed by atoms with van der Waals surface area (Å²) in [6, 6.07) is 7.89. The quantitative estimate of drug-likeness (QED) is 0.882. The first-order valence-corrected chi connectivity index (χ1v) is 7.75. The lowest BCUT2D eigenvalue weighted by Crippen LogP contribution is -2.42. The summed E-state index contributed by atoms with van der Waals surface area (Å²) in [5, 5.41) is 3.72. The number of hydrogen-bond donors (Lipinski definition) is 2. The Kier molecular flexibility index (Phi) is 2.91. The van der Waals surface area contributed by atoms with E-state index in [1.165, 1.54) is 44.5 Å². The van der Waals surface area contributed by atoms with E-state index in [0.717, 1.165) is 22.9 Å². The van der Waals surface area contributed by atoms with Crippen LogP contribution in [0.2, 0.25) is 0 Å². The average Bonchev–Trinajstić information content (AvgIpc) is 3.02.